The van der Waals surface area contributed by atoms with E-state index in [1.54, 1.807) is 18.2 Å². The number of nitrogens with one attached hydrogen (secondary N) is 1. The Balaban J connectivity index is 1.90. The Morgan fingerprint density at radius 2 is 2.00 bits per heavy atom. The molecule has 1 heterocycles. The number of sulfone groups is 1. The SMILES string of the molecule is Cc1cc(Cl)ccc1NC(=O)CC1CCS(=O)(=O)CC1. The zero-order chi connectivity index (χ0) is 14.8. The van der Waals surface area contributed by atoms with Crippen LogP contribution in [0.5, 0.6) is 0 Å². The van der Waals surface area contributed by atoms with E-state index in [0.29, 0.717) is 24.3 Å². The van der Waals surface area contributed by atoms with Crippen molar-refractivity contribution in [2.75, 3.05) is 16.8 Å². The van der Waals surface area contributed by atoms with Crippen molar-refractivity contribution in [2.45, 2.75) is 26.2 Å². The van der Waals surface area contributed by atoms with E-state index in [1.807, 2.05) is 6.92 Å². The van der Waals surface area contributed by atoms with Gasteiger partial charge in [-0.3, -0.25) is 4.79 Å². The minimum Gasteiger partial charge on any atom is -0.326 e. The third kappa shape index (κ3) is 4.21. The van der Waals surface area contributed by atoms with Gasteiger partial charge in [-0.2, -0.15) is 0 Å². The second-order valence-electron chi connectivity index (χ2n) is 5.31. The summed E-state index contributed by atoms with van der Waals surface area (Å²) >= 11 is 5.87. The molecule has 4 nitrogen and oxygen atoms in total. The minimum absolute atomic E-state index is 0.0697. The van der Waals surface area contributed by atoms with Crippen molar-refractivity contribution in [3.05, 3.63) is 28.8 Å². The fraction of sp³-hybridized carbons (Fsp3) is 0.500. The number of rotatable bonds is 3. The fourth-order valence-electron chi connectivity index (χ4n) is 2.37. The van der Waals surface area contributed by atoms with Crippen LogP contribution in [0, 0.1) is 12.8 Å². The molecule has 110 valence electrons. The molecule has 1 N–H and O–H groups in total. The molecule has 0 aromatic heterocycles. The van der Waals surface area contributed by atoms with Crippen LogP contribution < -0.4 is 5.32 Å². The van der Waals surface area contributed by atoms with Crippen molar-refractivity contribution in [1.82, 2.24) is 0 Å². The van der Waals surface area contributed by atoms with E-state index in [0.717, 1.165) is 11.3 Å². The van der Waals surface area contributed by atoms with Crippen molar-refractivity contribution in [3.63, 3.8) is 0 Å². The van der Waals surface area contributed by atoms with Gasteiger partial charge < -0.3 is 5.32 Å². The van der Waals surface area contributed by atoms with Crippen LogP contribution in [0.4, 0.5) is 5.69 Å². The van der Waals surface area contributed by atoms with Crippen LogP contribution in [0.2, 0.25) is 5.02 Å². The van der Waals surface area contributed by atoms with Crippen LogP contribution >= 0.6 is 11.6 Å². The van der Waals surface area contributed by atoms with E-state index in [1.165, 1.54) is 0 Å². The molecule has 1 amide bonds. The molecule has 1 aliphatic rings. The Kier molecular flexibility index (Phi) is 4.70. The van der Waals surface area contributed by atoms with Crippen LogP contribution in [0.1, 0.15) is 24.8 Å². The van der Waals surface area contributed by atoms with E-state index >= 15 is 0 Å². The van der Waals surface area contributed by atoms with Crippen LogP contribution in [0.25, 0.3) is 0 Å². The lowest BCUT2D eigenvalue weighted by Crippen LogP contribution is -2.26. The van der Waals surface area contributed by atoms with Crippen LogP contribution in [0.3, 0.4) is 0 Å². The van der Waals surface area contributed by atoms with Crippen molar-refractivity contribution in [3.8, 4) is 0 Å². The number of hydrogen-bond acceptors (Lipinski definition) is 3. The van der Waals surface area contributed by atoms with Gasteiger partial charge in [-0.25, -0.2) is 8.42 Å². The van der Waals surface area contributed by atoms with E-state index in [-0.39, 0.29) is 23.3 Å². The smallest absolute Gasteiger partial charge is 0.224 e. The molecule has 6 heteroatoms. The summed E-state index contributed by atoms with van der Waals surface area (Å²) in [6, 6.07) is 5.31. The monoisotopic (exact) mass is 315 g/mol. The van der Waals surface area contributed by atoms with Crippen molar-refractivity contribution in [1.29, 1.82) is 0 Å². The van der Waals surface area contributed by atoms with Gasteiger partial charge in [0.1, 0.15) is 9.84 Å². The second kappa shape index (κ2) is 6.14. The molecule has 0 unspecified atom stereocenters. The molecule has 0 atom stereocenters. The number of amides is 1. The Morgan fingerprint density at radius 3 is 2.60 bits per heavy atom. The quantitative estimate of drug-likeness (QED) is 0.933. The maximum atomic E-state index is 12.0. The predicted molar refractivity (Wildman–Crippen MR) is 80.8 cm³/mol. The molecule has 0 radical (unpaired) electrons. The third-order valence-electron chi connectivity index (χ3n) is 3.61. The number of carbonyl (C=O) groups is 1. The second-order valence-corrected chi connectivity index (χ2v) is 8.05. The molecule has 1 aromatic rings. The zero-order valence-electron chi connectivity index (χ0n) is 11.4. The summed E-state index contributed by atoms with van der Waals surface area (Å²) in [6.07, 6.45) is 1.53. The minimum atomic E-state index is -2.87. The highest BCUT2D eigenvalue weighted by Crippen LogP contribution is 2.24. The van der Waals surface area contributed by atoms with E-state index in [4.69, 9.17) is 11.6 Å². The van der Waals surface area contributed by atoms with Gasteiger partial charge in [0.2, 0.25) is 5.91 Å². The Morgan fingerprint density at radius 1 is 1.35 bits per heavy atom. The topological polar surface area (TPSA) is 63.2 Å². The first-order valence-electron chi connectivity index (χ1n) is 6.62. The zero-order valence-corrected chi connectivity index (χ0v) is 12.9. The largest absolute Gasteiger partial charge is 0.326 e. The molecule has 2 rings (SSSR count). The predicted octanol–water partition coefficient (Wildman–Crippen LogP) is 2.80. The normalized spacial score (nSPS) is 18.7. The molecular weight excluding hydrogens is 298 g/mol. The van der Waals surface area contributed by atoms with Gasteiger partial charge in [0.15, 0.2) is 0 Å². The summed E-state index contributed by atoms with van der Waals surface area (Å²) in [6.45, 7) is 1.88. The molecule has 20 heavy (non-hydrogen) atoms. The fourth-order valence-corrected chi connectivity index (χ4v) is 4.19. The number of halogens is 1. The number of benzene rings is 1. The Labute approximate surface area is 124 Å². The van der Waals surface area contributed by atoms with Crippen LogP contribution in [-0.2, 0) is 14.6 Å². The van der Waals surface area contributed by atoms with E-state index in [2.05, 4.69) is 5.32 Å². The lowest BCUT2D eigenvalue weighted by atomic mass is 9.98. The maximum Gasteiger partial charge on any atom is 0.224 e. The molecule has 0 spiro atoms. The number of aryl methyl sites for hydroxylation is 1. The van der Waals surface area contributed by atoms with Gasteiger partial charge in [-0.15, -0.1) is 0 Å². The van der Waals surface area contributed by atoms with E-state index < -0.39 is 9.84 Å². The van der Waals surface area contributed by atoms with E-state index in [9.17, 15) is 13.2 Å². The molecule has 0 saturated carbocycles. The summed E-state index contributed by atoms with van der Waals surface area (Å²) in [5.74, 6) is 0.487. The molecule has 1 aliphatic heterocycles. The Hall–Kier alpha value is -1.07. The summed E-state index contributed by atoms with van der Waals surface area (Å²) < 4.78 is 22.7. The third-order valence-corrected chi connectivity index (χ3v) is 5.56. The number of anilines is 1. The van der Waals surface area contributed by atoms with Crippen molar-refractivity contribution >= 4 is 33.0 Å². The number of hydrogen-bond donors (Lipinski definition) is 1. The highest BCUT2D eigenvalue weighted by Gasteiger charge is 2.25. The molecule has 1 saturated heterocycles. The van der Waals surface area contributed by atoms with Gasteiger partial charge in [0, 0.05) is 17.1 Å². The van der Waals surface area contributed by atoms with Gasteiger partial charge >= 0.3 is 0 Å². The van der Waals surface area contributed by atoms with Gasteiger partial charge in [0.05, 0.1) is 11.5 Å². The molecular formula is C14H18ClNO3S. The average molecular weight is 316 g/mol. The van der Waals surface area contributed by atoms with Crippen molar-refractivity contribution in [2.24, 2.45) is 5.92 Å². The summed E-state index contributed by atoms with van der Waals surface area (Å²) in [7, 11) is -2.87. The summed E-state index contributed by atoms with van der Waals surface area (Å²) in [5.41, 5.74) is 1.67. The lowest BCUT2D eigenvalue weighted by molar-refractivity contribution is -0.117. The van der Waals surface area contributed by atoms with Gasteiger partial charge in [-0.05, 0) is 49.4 Å². The van der Waals surface area contributed by atoms with Gasteiger partial charge in [-0.1, -0.05) is 11.6 Å². The highest BCUT2D eigenvalue weighted by atomic mass is 35.5. The van der Waals surface area contributed by atoms with Crippen LogP contribution in [-0.4, -0.2) is 25.8 Å². The maximum absolute atomic E-state index is 12.0. The summed E-state index contributed by atoms with van der Waals surface area (Å²) in [4.78, 5) is 12.0. The molecule has 0 aliphatic carbocycles. The average Bonchev–Trinajstić information content (AvgIpc) is 2.35. The lowest BCUT2D eigenvalue weighted by Gasteiger charge is -2.21. The van der Waals surface area contributed by atoms with Crippen molar-refractivity contribution < 1.29 is 13.2 Å². The van der Waals surface area contributed by atoms with Gasteiger partial charge in [0.25, 0.3) is 0 Å². The first-order valence-corrected chi connectivity index (χ1v) is 8.82. The standard InChI is InChI=1S/C14H18ClNO3S/c1-10-8-12(15)2-3-13(10)16-14(17)9-11-4-6-20(18,19)7-5-11/h2-3,8,11H,4-7,9H2,1H3,(H,16,17). The Bertz CT molecular complexity index is 599. The summed E-state index contributed by atoms with van der Waals surface area (Å²) in [5, 5.41) is 3.50. The number of carbonyl (C=O) groups excluding carboxylic acids is 1. The highest BCUT2D eigenvalue weighted by molar-refractivity contribution is 7.91. The molecule has 1 aromatic carbocycles. The molecule has 1 fully saturated rings. The van der Waals surface area contributed by atoms with Crippen LogP contribution in [0.15, 0.2) is 18.2 Å². The molecule has 0 bridgehead atoms. The first-order chi connectivity index (χ1) is 9.35. The first kappa shape index (κ1) is 15.3.